The molecule has 0 aromatic rings. The number of hydrogen-bond acceptors (Lipinski definition) is 4. The second-order valence-corrected chi connectivity index (χ2v) is 4.28. The van der Waals surface area contributed by atoms with Crippen molar-refractivity contribution in [3.8, 4) is 0 Å². The molecule has 4 nitrogen and oxygen atoms in total. The van der Waals surface area contributed by atoms with Crippen LogP contribution >= 0.6 is 0 Å². The molecule has 1 N–H and O–H groups in total. The van der Waals surface area contributed by atoms with E-state index in [2.05, 4.69) is 4.90 Å². The van der Waals surface area contributed by atoms with E-state index >= 15 is 0 Å². The first-order valence-corrected chi connectivity index (χ1v) is 5.63. The van der Waals surface area contributed by atoms with Crippen molar-refractivity contribution in [2.45, 2.75) is 32.2 Å². The molecule has 1 saturated heterocycles. The summed E-state index contributed by atoms with van der Waals surface area (Å²) in [5.74, 6) is 0.463. The second-order valence-electron chi connectivity index (χ2n) is 4.28. The number of rotatable bonds is 5. The Hall–Kier alpha value is -0.160. The quantitative estimate of drug-likeness (QED) is 0.688. The number of nitrogens with zero attached hydrogens (tertiary/aromatic N) is 1. The van der Waals surface area contributed by atoms with Gasteiger partial charge < -0.3 is 14.6 Å². The standard InChI is InChI=1S/C11H23NO3/c1-9(13)10-4-6-12(7-5-10)8-11(14-2)15-3/h9-11,13H,4-8H2,1-3H3. The van der Waals surface area contributed by atoms with Crippen molar-refractivity contribution in [2.24, 2.45) is 5.92 Å². The predicted molar refractivity (Wildman–Crippen MR) is 58.7 cm³/mol. The van der Waals surface area contributed by atoms with Crippen LogP contribution in [0.5, 0.6) is 0 Å². The highest BCUT2D eigenvalue weighted by molar-refractivity contribution is 4.75. The molecule has 0 bridgehead atoms. The first-order chi connectivity index (χ1) is 7.17. The fourth-order valence-corrected chi connectivity index (χ4v) is 2.07. The third-order valence-corrected chi connectivity index (χ3v) is 3.25. The molecule has 4 heteroatoms. The Morgan fingerprint density at radius 1 is 1.27 bits per heavy atom. The molecule has 15 heavy (non-hydrogen) atoms. The van der Waals surface area contributed by atoms with Crippen LogP contribution in [0.25, 0.3) is 0 Å². The average Bonchev–Trinajstić information content (AvgIpc) is 2.26. The van der Waals surface area contributed by atoms with E-state index in [0.29, 0.717) is 5.92 Å². The zero-order chi connectivity index (χ0) is 11.3. The fourth-order valence-electron chi connectivity index (χ4n) is 2.07. The van der Waals surface area contributed by atoms with Gasteiger partial charge in [0.25, 0.3) is 0 Å². The molecule has 1 fully saturated rings. The largest absolute Gasteiger partial charge is 0.393 e. The summed E-state index contributed by atoms with van der Waals surface area (Å²) in [6.45, 7) is 4.75. The summed E-state index contributed by atoms with van der Waals surface area (Å²) in [6.07, 6.45) is 1.83. The maximum Gasteiger partial charge on any atom is 0.169 e. The van der Waals surface area contributed by atoms with Crippen molar-refractivity contribution < 1.29 is 14.6 Å². The molecule has 1 atom stereocenters. The lowest BCUT2D eigenvalue weighted by Gasteiger charge is -2.34. The molecule has 1 heterocycles. The van der Waals surface area contributed by atoms with Gasteiger partial charge in [-0.25, -0.2) is 0 Å². The molecule has 0 spiro atoms. The van der Waals surface area contributed by atoms with Crippen LogP contribution in [0.2, 0.25) is 0 Å². The fraction of sp³-hybridized carbons (Fsp3) is 1.00. The monoisotopic (exact) mass is 217 g/mol. The van der Waals surface area contributed by atoms with Crippen LogP contribution in [0, 0.1) is 5.92 Å². The minimum atomic E-state index is -0.173. The lowest BCUT2D eigenvalue weighted by molar-refractivity contribution is -0.119. The van der Waals surface area contributed by atoms with Crippen molar-refractivity contribution in [2.75, 3.05) is 33.9 Å². The van der Waals surface area contributed by atoms with Gasteiger partial charge in [-0.05, 0) is 38.8 Å². The van der Waals surface area contributed by atoms with Gasteiger partial charge in [0.05, 0.1) is 6.10 Å². The van der Waals surface area contributed by atoms with Gasteiger partial charge in [-0.15, -0.1) is 0 Å². The summed E-state index contributed by atoms with van der Waals surface area (Å²) in [4.78, 5) is 2.33. The van der Waals surface area contributed by atoms with Crippen molar-refractivity contribution >= 4 is 0 Å². The number of aliphatic hydroxyl groups excluding tert-OH is 1. The smallest absolute Gasteiger partial charge is 0.169 e. The van der Waals surface area contributed by atoms with Crippen molar-refractivity contribution in [3.63, 3.8) is 0 Å². The molecule has 90 valence electrons. The number of ether oxygens (including phenoxy) is 2. The minimum Gasteiger partial charge on any atom is -0.393 e. The molecule has 1 rings (SSSR count). The van der Waals surface area contributed by atoms with Crippen LogP contribution < -0.4 is 0 Å². The van der Waals surface area contributed by atoms with Gasteiger partial charge in [-0.3, -0.25) is 4.90 Å². The Bertz CT molecular complexity index is 163. The Morgan fingerprint density at radius 2 is 1.80 bits per heavy atom. The highest BCUT2D eigenvalue weighted by Gasteiger charge is 2.23. The molecule has 1 unspecified atom stereocenters. The zero-order valence-electron chi connectivity index (χ0n) is 9.98. The van der Waals surface area contributed by atoms with Crippen LogP contribution in [0.1, 0.15) is 19.8 Å². The lowest BCUT2D eigenvalue weighted by Crippen LogP contribution is -2.41. The predicted octanol–water partition coefficient (Wildman–Crippen LogP) is 0.698. The summed E-state index contributed by atoms with van der Waals surface area (Å²) in [5, 5.41) is 9.47. The number of methoxy groups -OCH3 is 2. The van der Waals surface area contributed by atoms with E-state index in [1.165, 1.54) is 0 Å². The highest BCUT2D eigenvalue weighted by atomic mass is 16.7. The molecule has 1 aliphatic rings. The molecule has 0 radical (unpaired) electrons. The summed E-state index contributed by atoms with van der Waals surface area (Å²) in [5.41, 5.74) is 0. The van der Waals surface area contributed by atoms with Gasteiger partial charge in [0, 0.05) is 20.8 Å². The molecule has 0 aliphatic carbocycles. The van der Waals surface area contributed by atoms with E-state index in [0.717, 1.165) is 32.5 Å². The van der Waals surface area contributed by atoms with Gasteiger partial charge in [0.1, 0.15) is 0 Å². The maximum atomic E-state index is 9.47. The molecule has 0 saturated carbocycles. The summed E-state index contributed by atoms with van der Waals surface area (Å²) >= 11 is 0. The summed E-state index contributed by atoms with van der Waals surface area (Å²) < 4.78 is 10.3. The van der Waals surface area contributed by atoms with E-state index in [1.54, 1.807) is 14.2 Å². The van der Waals surface area contributed by atoms with Crippen LogP contribution in [-0.2, 0) is 9.47 Å². The summed E-state index contributed by atoms with van der Waals surface area (Å²) in [6, 6.07) is 0. The van der Waals surface area contributed by atoms with Gasteiger partial charge in [0.15, 0.2) is 6.29 Å². The van der Waals surface area contributed by atoms with E-state index in [4.69, 9.17) is 9.47 Å². The Morgan fingerprint density at radius 3 is 2.20 bits per heavy atom. The van der Waals surface area contributed by atoms with Crippen LogP contribution in [0.3, 0.4) is 0 Å². The van der Waals surface area contributed by atoms with Crippen LogP contribution in [0.4, 0.5) is 0 Å². The minimum absolute atomic E-state index is 0.131. The molecule has 0 aromatic heterocycles. The number of piperidine rings is 1. The number of aliphatic hydroxyl groups is 1. The SMILES string of the molecule is COC(CN1CCC(C(C)O)CC1)OC. The zero-order valence-corrected chi connectivity index (χ0v) is 9.98. The van der Waals surface area contributed by atoms with Gasteiger partial charge in [0.2, 0.25) is 0 Å². The molecular weight excluding hydrogens is 194 g/mol. The molecule has 1 aliphatic heterocycles. The van der Waals surface area contributed by atoms with Crippen molar-refractivity contribution in [3.05, 3.63) is 0 Å². The number of likely N-dealkylation sites (tertiary alicyclic amines) is 1. The third kappa shape index (κ3) is 4.07. The topological polar surface area (TPSA) is 41.9 Å². The Labute approximate surface area is 92.2 Å². The van der Waals surface area contributed by atoms with Crippen molar-refractivity contribution in [1.82, 2.24) is 4.90 Å². The van der Waals surface area contributed by atoms with Crippen LogP contribution in [0.15, 0.2) is 0 Å². The number of hydrogen-bond donors (Lipinski definition) is 1. The lowest BCUT2D eigenvalue weighted by atomic mass is 9.92. The first-order valence-electron chi connectivity index (χ1n) is 5.63. The molecule has 0 amide bonds. The van der Waals surface area contributed by atoms with E-state index < -0.39 is 0 Å². The van der Waals surface area contributed by atoms with E-state index in [-0.39, 0.29) is 12.4 Å². The Balaban J connectivity index is 2.25. The summed E-state index contributed by atoms with van der Waals surface area (Å²) in [7, 11) is 3.33. The van der Waals surface area contributed by atoms with Crippen LogP contribution in [-0.4, -0.2) is 56.3 Å². The molecule has 0 aromatic carbocycles. The average molecular weight is 217 g/mol. The second kappa shape index (κ2) is 6.43. The maximum absolute atomic E-state index is 9.47. The van der Waals surface area contributed by atoms with Crippen molar-refractivity contribution in [1.29, 1.82) is 0 Å². The Kier molecular flexibility index (Phi) is 5.53. The van der Waals surface area contributed by atoms with Gasteiger partial charge >= 0.3 is 0 Å². The third-order valence-electron chi connectivity index (χ3n) is 3.25. The van der Waals surface area contributed by atoms with E-state index in [9.17, 15) is 5.11 Å². The van der Waals surface area contributed by atoms with E-state index in [1.807, 2.05) is 6.92 Å². The normalized spacial score (nSPS) is 22.2. The van der Waals surface area contributed by atoms with Gasteiger partial charge in [-0.2, -0.15) is 0 Å². The highest BCUT2D eigenvalue weighted by Crippen LogP contribution is 2.20. The van der Waals surface area contributed by atoms with Gasteiger partial charge in [-0.1, -0.05) is 0 Å². The first kappa shape index (κ1) is 12.9. The molecular formula is C11H23NO3.